The number of nitrogens with zero attached hydrogens (tertiary/aromatic N) is 1. The number of hydrogen-bond acceptors (Lipinski definition) is 5. The van der Waals surface area contributed by atoms with Crippen LogP contribution in [0.15, 0.2) is 78.5 Å². The Morgan fingerprint density at radius 3 is 2.26 bits per heavy atom. The van der Waals surface area contributed by atoms with Crippen molar-refractivity contribution in [1.29, 1.82) is 0 Å². The Kier molecular flexibility index (Phi) is 6.40. The molecule has 0 bridgehead atoms. The number of rotatable bonds is 7. The highest BCUT2D eigenvalue weighted by Gasteiger charge is 2.40. The molecule has 0 saturated carbocycles. The van der Waals surface area contributed by atoms with Crippen LogP contribution in [0.3, 0.4) is 0 Å². The Morgan fingerprint density at radius 1 is 0.941 bits per heavy atom. The SMILES string of the molecule is CCOc1ccccc1NC1=C(c2ccc(NC(C)=O)cc2)C(=O)N(c2ccc(F)cc2)C1=O. The van der Waals surface area contributed by atoms with E-state index in [2.05, 4.69) is 10.6 Å². The number of anilines is 3. The highest BCUT2D eigenvalue weighted by atomic mass is 19.1. The van der Waals surface area contributed by atoms with Crippen LogP contribution in [-0.2, 0) is 14.4 Å². The van der Waals surface area contributed by atoms with Crippen molar-refractivity contribution < 1.29 is 23.5 Å². The van der Waals surface area contributed by atoms with Crippen LogP contribution in [0.2, 0.25) is 0 Å². The minimum absolute atomic E-state index is 0.0637. The number of para-hydroxylation sites is 2. The van der Waals surface area contributed by atoms with Crippen molar-refractivity contribution >= 4 is 40.4 Å². The number of carbonyl (C=O) groups excluding carboxylic acids is 3. The lowest BCUT2D eigenvalue weighted by Crippen LogP contribution is -2.32. The average molecular weight is 459 g/mol. The number of amides is 3. The fraction of sp³-hybridized carbons (Fsp3) is 0.115. The van der Waals surface area contributed by atoms with Crippen LogP contribution in [0.1, 0.15) is 19.4 Å². The Labute approximate surface area is 195 Å². The quantitative estimate of drug-likeness (QED) is 0.505. The lowest BCUT2D eigenvalue weighted by Gasteiger charge is -2.16. The third-order valence-corrected chi connectivity index (χ3v) is 5.11. The first-order valence-electron chi connectivity index (χ1n) is 10.6. The molecule has 1 aliphatic heterocycles. The van der Waals surface area contributed by atoms with Gasteiger partial charge in [-0.1, -0.05) is 24.3 Å². The van der Waals surface area contributed by atoms with E-state index in [1.54, 1.807) is 48.5 Å². The van der Waals surface area contributed by atoms with Crippen molar-refractivity contribution in [3.63, 3.8) is 0 Å². The number of nitrogens with one attached hydrogen (secondary N) is 2. The zero-order valence-electron chi connectivity index (χ0n) is 18.6. The van der Waals surface area contributed by atoms with E-state index >= 15 is 0 Å². The summed E-state index contributed by atoms with van der Waals surface area (Å²) in [4.78, 5) is 39.3. The number of carbonyl (C=O) groups is 3. The highest BCUT2D eigenvalue weighted by Crippen LogP contribution is 2.36. The summed E-state index contributed by atoms with van der Waals surface area (Å²) in [7, 11) is 0. The Morgan fingerprint density at radius 2 is 1.62 bits per heavy atom. The molecule has 1 aliphatic rings. The van der Waals surface area contributed by atoms with E-state index in [-0.39, 0.29) is 22.9 Å². The van der Waals surface area contributed by atoms with Gasteiger partial charge >= 0.3 is 0 Å². The van der Waals surface area contributed by atoms with Crippen molar-refractivity contribution in [2.24, 2.45) is 0 Å². The van der Waals surface area contributed by atoms with Gasteiger partial charge in [0.2, 0.25) is 5.91 Å². The molecule has 2 N–H and O–H groups in total. The third kappa shape index (κ3) is 4.52. The second-order valence-electron chi connectivity index (χ2n) is 7.48. The third-order valence-electron chi connectivity index (χ3n) is 5.11. The number of imide groups is 1. The topological polar surface area (TPSA) is 87.7 Å². The van der Waals surface area contributed by atoms with Gasteiger partial charge in [0.05, 0.1) is 23.6 Å². The first-order valence-corrected chi connectivity index (χ1v) is 10.6. The van der Waals surface area contributed by atoms with Crippen LogP contribution in [0.5, 0.6) is 5.75 Å². The molecule has 0 spiro atoms. The van der Waals surface area contributed by atoms with Crippen LogP contribution in [0, 0.1) is 5.82 Å². The number of benzene rings is 3. The second-order valence-corrected chi connectivity index (χ2v) is 7.48. The zero-order valence-corrected chi connectivity index (χ0v) is 18.6. The first-order chi connectivity index (χ1) is 16.4. The van der Waals surface area contributed by atoms with Gasteiger partial charge in [0.25, 0.3) is 11.8 Å². The van der Waals surface area contributed by atoms with E-state index in [0.717, 1.165) is 4.90 Å². The maximum atomic E-state index is 13.5. The Bertz CT molecular complexity index is 1280. The average Bonchev–Trinajstić information content (AvgIpc) is 3.05. The van der Waals surface area contributed by atoms with Crippen LogP contribution in [0.4, 0.5) is 21.5 Å². The van der Waals surface area contributed by atoms with Crippen LogP contribution in [0.25, 0.3) is 5.57 Å². The van der Waals surface area contributed by atoms with E-state index in [1.165, 1.54) is 31.2 Å². The number of hydrogen-bond donors (Lipinski definition) is 2. The molecule has 34 heavy (non-hydrogen) atoms. The standard InChI is InChI=1S/C26H22FN3O4/c1-3-34-22-7-5-4-6-21(22)29-24-23(17-8-12-19(13-9-17)28-16(2)31)25(32)30(26(24)33)20-14-10-18(27)11-15-20/h4-15,29H,3H2,1-2H3,(H,28,31). The van der Waals surface area contributed by atoms with E-state index < -0.39 is 17.6 Å². The summed E-state index contributed by atoms with van der Waals surface area (Å²) in [5, 5.41) is 5.75. The van der Waals surface area contributed by atoms with Crippen molar-refractivity contribution in [1.82, 2.24) is 0 Å². The molecule has 3 aromatic carbocycles. The fourth-order valence-corrected chi connectivity index (χ4v) is 3.65. The smallest absolute Gasteiger partial charge is 0.282 e. The fourth-order valence-electron chi connectivity index (χ4n) is 3.65. The lowest BCUT2D eigenvalue weighted by atomic mass is 10.0. The molecular weight excluding hydrogens is 437 g/mol. The molecule has 1 heterocycles. The predicted octanol–water partition coefficient (Wildman–Crippen LogP) is 4.58. The summed E-state index contributed by atoms with van der Waals surface area (Å²) >= 11 is 0. The summed E-state index contributed by atoms with van der Waals surface area (Å²) in [5.41, 5.74) is 2.02. The Hall–Kier alpha value is -4.46. The van der Waals surface area contributed by atoms with Gasteiger partial charge in [0, 0.05) is 12.6 Å². The van der Waals surface area contributed by atoms with Gasteiger partial charge < -0.3 is 15.4 Å². The van der Waals surface area contributed by atoms with Crippen molar-refractivity contribution in [3.8, 4) is 5.75 Å². The molecule has 3 amide bonds. The molecule has 0 aromatic heterocycles. The normalized spacial score (nSPS) is 13.3. The summed E-state index contributed by atoms with van der Waals surface area (Å²) in [6.07, 6.45) is 0. The maximum Gasteiger partial charge on any atom is 0.282 e. The molecule has 0 radical (unpaired) electrons. The molecule has 0 fully saturated rings. The van der Waals surface area contributed by atoms with Crippen molar-refractivity contribution in [3.05, 3.63) is 89.9 Å². The van der Waals surface area contributed by atoms with Gasteiger partial charge in [-0.15, -0.1) is 0 Å². The van der Waals surface area contributed by atoms with E-state index in [1.807, 2.05) is 6.92 Å². The zero-order chi connectivity index (χ0) is 24.2. The van der Waals surface area contributed by atoms with Gasteiger partial charge in [-0.2, -0.15) is 0 Å². The Balaban J connectivity index is 1.79. The summed E-state index contributed by atoms with van der Waals surface area (Å²) in [5.74, 6) is -1.31. The summed E-state index contributed by atoms with van der Waals surface area (Å²) in [6, 6.07) is 18.8. The van der Waals surface area contributed by atoms with E-state index in [0.29, 0.717) is 29.3 Å². The van der Waals surface area contributed by atoms with Gasteiger partial charge in [0.15, 0.2) is 0 Å². The van der Waals surface area contributed by atoms with Gasteiger partial charge in [-0.05, 0) is 61.0 Å². The molecule has 0 unspecified atom stereocenters. The summed E-state index contributed by atoms with van der Waals surface area (Å²) in [6.45, 7) is 3.66. The molecule has 0 saturated heterocycles. The second kappa shape index (κ2) is 9.58. The minimum atomic E-state index is -0.580. The molecular formula is C26H22FN3O4. The minimum Gasteiger partial charge on any atom is -0.492 e. The largest absolute Gasteiger partial charge is 0.492 e. The van der Waals surface area contributed by atoms with Crippen LogP contribution < -0.4 is 20.3 Å². The van der Waals surface area contributed by atoms with Crippen molar-refractivity contribution in [2.45, 2.75) is 13.8 Å². The van der Waals surface area contributed by atoms with E-state index in [4.69, 9.17) is 4.74 Å². The van der Waals surface area contributed by atoms with Crippen LogP contribution >= 0.6 is 0 Å². The van der Waals surface area contributed by atoms with Crippen molar-refractivity contribution in [2.75, 3.05) is 22.1 Å². The molecule has 4 rings (SSSR count). The molecule has 0 atom stereocenters. The summed E-state index contributed by atoms with van der Waals surface area (Å²) < 4.78 is 19.1. The molecule has 172 valence electrons. The molecule has 0 aliphatic carbocycles. The van der Waals surface area contributed by atoms with Gasteiger partial charge in [0.1, 0.15) is 17.3 Å². The molecule has 7 nitrogen and oxygen atoms in total. The molecule has 8 heteroatoms. The van der Waals surface area contributed by atoms with Gasteiger partial charge in [-0.3, -0.25) is 14.4 Å². The monoisotopic (exact) mass is 459 g/mol. The molecule has 3 aromatic rings. The first kappa shape index (κ1) is 22.7. The predicted molar refractivity (Wildman–Crippen MR) is 128 cm³/mol. The van der Waals surface area contributed by atoms with E-state index in [9.17, 15) is 18.8 Å². The van der Waals surface area contributed by atoms with Gasteiger partial charge in [-0.25, -0.2) is 9.29 Å². The highest BCUT2D eigenvalue weighted by molar-refractivity contribution is 6.46. The number of ether oxygens (including phenoxy) is 1. The maximum absolute atomic E-state index is 13.5. The van der Waals surface area contributed by atoms with Crippen LogP contribution in [-0.4, -0.2) is 24.3 Å². The lowest BCUT2D eigenvalue weighted by molar-refractivity contribution is -0.120. The number of halogens is 1.